The maximum absolute atomic E-state index is 12.6. The van der Waals surface area contributed by atoms with Gasteiger partial charge in [-0.2, -0.15) is 0 Å². The highest BCUT2D eigenvalue weighted by Gasteiger charge is 2.17. The third-order valence-electron chi connectivity index (χ3n) is 3.56. The molecule has 1 amide bonds. The first-order valence-corrected chi connectivity index (χ1v) is 9.70. The number of anilines is 1. The largest absolute Gasteiger partial charge is 0.494 e. The molecule has 0 fully saturated rings. The topological polar surface area (TPSA) is 111 Å². The SMILES string of the molecule is CCOc1ccc(NS(=O)(=O)c2cccc(C(=O)N[C@@H](C)CN)c2)cc1. The van der Waals surface area contributed by atoms with Gasteiger partial charge in [0.05, 0.1) is 11.5 Å². The van der Waals surface area contributed by atoms with Crippen LogP contribution in [0.2, 0.25) is 0 Å². The molecule has 2 aromatic rings. The summed E-state index contributed by atoms with van der Waals surface area (Å²) >= 11 is 0. The Hall–Kier alpha value is -2.58. The zero-order valence-electron chi connectivity index (χ0n) is 14.7. The number of sulfonamides is 1. The second kappa shape index (κ2) is 8.68. The Bertz CT molecular complexity index is 851. The number of carbonyl (C=O) groups excluding carboxylic acids is 1. The smallest absolute Gasteiger partial charge is 0.261 e. The minimum Gasteiger partial charge on any atom is -0.494 e. The highest BCUT2D eigenvalue weighted by molar-refractivity contribution is 7.92. The quantitative estimate of drug-likeness (QED) is 0.651. The highest BCUT2D eigenvalue weighted by Crippen LogP contribution is 2.20. The van der Waals surface area contributed by atoms with Gasteiger partial charge in [-0.1, -0.05) is 6.07 Å². The third-order valence-corrected chi connectivity index (χ3v) is 4.93. The number of hydrogen-bond donors (Lipinski definition) is 3. The lowest BCUT2D eigenvalue weighted by atomic mass is 10.2. The van der Waals surface area contributed by atoms with Crippen molar-refractivity contribution in [1.29, 1.82) is 0 Å². The Morgan fingerprint density at radius 2 is 1.88 bits per heavy atom. The number of hydrogen-bond acceptors (Lipinski definition) is 5. The van der Waals surface area contributed by atoms with Crippen molar-refractivity contribution >= 4 is 21.6 Å². The molecule has 7 nitrogen and oxygen atoms in total. The van der Waals surface area contributed by atoms with Crippen molar-refractivity contribution in [3.05, 3.63) is 54.1 Å². The monoisotopic (exact) mass is 377 g/mol. The molecular weight excluding hydrogens is 354 g/mol. The molecular formula is C18H23N3O4S. The first kappa shape index (κ1) is 19.7. The van der Waals surface area contributed by atoms with Crippen LogP contribution in [-0.4, -0.2) is 33.5 Å². The van der Waals surface area contributed by atoms with Gasteiger partial charge in [0.1, 0.15) is 5.75 Å². The standard InChI is InChI=1S/C18H23N3O4S/c1-3-25-16-9-7-15(8-10-16)21-26(23,24)17-6-4-5-14(11-17)18(22)20-13(2)12-19/h4-11,13,21H,3,12,19H2,1-2H3,(H,20,22)/t13-/m0/s1. The highest BCUT2D eigenvalue weighted by atomic mass is 32.2. The lowest BCUT2D eigenvalue weighted by Gasteiger charge is -2.13. The summed E-state index contributed by atoms with van der Waals surface area (Å²) in [5.74, 6) is 0.282. The van der Waals surface area contributed by atoms with Crippen LogP contribution in [0.15, 0.2) is 53.4 Å². The molecule has 0 radical (unpaired) electrons. The molecule has 2 aromatic carbocycles. The molecule has 0 bridgehead atoms. The van der Waals surface area contributed by atoms with Gasteiger partial charge < -0.3 is 15.8 Å². The van der Waals surface area contributed by atoms with E-state index in [2.05, 4.69) is 10.0 Å². The molecule has 140 valence electrons. The number of carbonyl (C=O) groups is 1. The molecule has 0 aromatic heterocycles. The van der Waals surface area contributed by atoms with Crippen LogP contribution in [0.3, 0.4) is 0 Å². The van der Waals surface area contributed by atoms with E-state index in [1.807, 2.05) is 6.92 Å². The summed E-state index contributed by atoms with van der Waals surface area (Å²) < 4.78 is 33.0. The fourth-order valence-electron chi connectivity index (χ4n) is 2.17. The minimum atomic E-state index is -3.82. The molecule has 0 saturated heterocycles. The van der Waals surface area contributed by atoms with Gasteiger partial charge in [0.2, 0.25) is 0 Å². The van der Waals surface area contributed by atoms with Gasteiger partial charge in [0.25, 0.3) is 15.9 Å². The molecule has 0 aliphatic heterocycles. The van der Waals surface area contributed by atoms with Crippen molar-refractivity contribution in [3.63, 3.8) is 0 Å². The van der Waals surface area contributed by atoms with Gasteiger partial charge in [-0.15, -0.1) is 0 Å². The molecule has 0 spiro atoms. The fourth-order valence-corrected chi connectivity index (χ4v) is 3.27. The van der Waals surface area contributed by atoms with E-state index in [4.69, 9.17) is 10.5 Å². The number of nitrogens with one attached hydrogen (secondary N) is 2. The number of benzene rings is 2. The fraction of sp³-hybridized carbons (Fsp3) is 0.278. The van der Waals surface area contributed by atoms with E-state index in [1.54, 1.807) is 37.3 Å². The van der Waals surface area contributed by atoms with Gasteiger partial charge in [-0.3, -0.25) is 9.52 Å². The van der Waals surface area contributed by atoms with Crippen LogP contribution in [0.4, 0.5) is 5.69 Å². The number of rotatable bonds is 8. The van der Waals surface area contributed by atoms with Gasteiger partial charge in [0.15, 0.2) is 0 Å². The molecule has 0 heterocycles. The summed E-state index contributed by atoms with van der Waals surface area (Å²) in [4.78, 5) is 12.2. The lowest BCUT2D eigenvalue weighted by molar-refractivity contribution is 0.0941. The maximum atomic E-state index is 12.6. The minimum absolute atomic E-state index is 0.000522. The second-order valence-electron chi connectivity index (χ2n) is 5.70. The number of nitrogens with two attached hydrogens (primary N) is 1. The summed E-state index contributed by atoms with van der Waals surface area (Å²) in [6.45, 7) is 4.46. The molecule has 0 aliphatic carbocycles. The van der Waals surface area contributed by atoms with E-state index in [0.29, 0.717) is 24.6 Å². The normalized spacial score (nSPS) is 12.3. The predicted octanol–water partition coefficient (Wildman–Crippen LogP) is 1.96. The third kappa shape index (κ3) is 5.21. The van der Waals surface area contributed by atoms with Crippen LogP contribution in [0.5, 0.6) is 5.75 Å². The molecule has 0 saturated carbocycles. The summed E-state index contributed by atoms with van der Waals surface area (Å²) in [5, 5.41) is 2.70. The van der Waals surface area contributed by atoms with E-state index in [-0.39, 0.29) is 22.4 Å². The van der Waals surface area contributed by atoms with E-state index in [0.717, 1.165) is 0 Å². The Kier molecular flexibility index (Phi) is 6.59. The van der Waals surface area contributed by atoms with Gasteiger partial charge >= 0.3 is 0 Å². The molecule has 26 heavy (non-hydrogen) atoms. The van der Waals surface area contributed by atoms with Crippen molar-refractivity contribution in [3.8, 4) is 5.75 Å². The summed E-state index contributed by atoms with van der Waals surface area (Å²) in [6, 6.07) is 12.2. The van der Waals surface area contributed by atoms with Crippen molar-refractivity contribution < 1.29 is 17.9 Å². The maximum Gasteiger partial charge on any atom is 0.261 e. The van der Waals surface area contributed by atoms with Crippen LogP contribution in [0.1, 0.15) is 24.2 Å². The van der Waals surface area contributed by atoms with Crippen molar-refractivity contribution in [2.75, 3.05) is 17.9 Å². The molecule has 2 rings (SSSR count). The number of amides is 1. The first-order chi connectivity index (χ1) is 12.4. The van der Waals surface area contributed by atoms with Gasteiger partial charge in [0, 0.05) is 23.8 Å². The summed E-state index contributed by atoms with van der Waals surface area (Å²) in [6.07, 6.45) is 0. The molecule has 0 unspecified atom stereocenters. The van der Waals surface area contributed by atoms with Crippen LogP contribution in [0.25, 0.3) is 0 Å². The van der Waals surface area contributed by atoms with Crippen LogP contribution in [0, 0.1) is 0 Å². The van der Waals surface area contributed by atoms with Gasteiger partial charge in [-0.25, -0.2) is 8.42 Å². The summed E-state index contributed by atoms with van der Waals surface area (Å²) in [5.41, 5.74) is 6.14. The zero-order chi connectivity index (χ0) is 19.2. The van der Waals surface area contributed by atoms with Crippen LogP contribution >= 0.6 is 0 Å². The van der Waals surface area contributed by atoms with Crippen molar-refractivity contribution in [2.45, 2.75) is 24.8 Å². The Balaban J connectivity index is 2.18. The van der Waals surface area contributed by atoms with Crippen LogP contribution < -0.4 is 20.5 Å². The second-order valence-corrected chi connectivity index (χ2v) is 7.38. The van der Waals surface area contributed by atoms with Crippen molar-refractivity contribution in [1.82, 2.24) is 5.32 Å². The number of ether oxygens (including phenoxy) is 1. The summed E-state index contributed by atoms with van der Waals surface area (Å²) in [7, 11) is -3.82. The lowest BCUT2D eigenvalue weighted by Crippen LogP contribution is -2.37. The van der Waals surface area contributed by atoms with Crippen LogP contribution in [-0.2, 0) is 10.0 Å². The van der Waals surface area contributed by atoms with E-state index < -0.39 is 10.0 Å². The van der Waals surface area contributed by atoms with E-state index in [9.17, 15) is 13.2 Å². The van der Waals surface area contributed by atoms with E-state index >= 15 is 0 Å². The Morgan fingerprint density at radius 3 is 2.50 bits per heavy atom. The zero-order valence-corrected chi connectivity index (χ0v) is 15.5. The average molecular weight is 377 g/mol. The molecule has 8 heteroatoms. The molecule has 1 atom stereocenters. The average Bonchev–Trinajstić information content (AvgIpc) is 2.63. The predicted molar refractivity (Wildman–Crippen MR) is 101 cm³/mol. The Labute approximate surface area is 153 Å². The first-order valence-electron chi connectivity index (χ1n) is 8.22. The van der Waals surface area contributed by atoms with Crippen molar-refractivity contribution in [2.24, 2.45) is 5.73 Å². The van der Waals surface area contributed by atoms with E-state index in [1.165, 1.54) is 18.2 Å². The molecule has 4 N–H and O–H groups in total. The molecule has 0 aliphatic rings. The Morgan fingerprint density at radius 1 is 1.19 bits per heavy atom. The van der Waals surface area contributed by atoms with Gasteiger partial charge in [-0.05, 0) is 56.3 Å².